The average molecular weight is 302 g/mol. The van der Waals surface area contributed by atoms with Gasteiger partial charge in [-0.25, -0.2) is 4.99 Å². The fourth-order valence-electron chi connectivity index (χ4n) is 3.25. The van der Waals surface area contributed by atoms with Crippen molar-refractivity contribution in [2.24, 2.45) is 4.99 Å². The number of hydrogen-bond donors (Lipinski definition) is 0. The Morgan fingerprint density at radius 3 is 2.64 bits per heavy atom. The van der Waals surface area contributed by atoms with E-state index in [9.17, 15) is 0 Å². The van der Waals surface area contributed by atoms with Gasteiger partial charge in [-0.1, -0.05) is 38.0 Å². The Bertz CT molecular complexity index is 490. The number of nitrogens with zero attached hydrogens (tertiary/aromatic N) is 2. The predicted octanol–water partition coefficient (Wildman–Crippen LogP) is 4.63. The average Bonchev–Trinajstić information content (AvgIpc) is 2.53. The van der Waals surface area contributed by atoms with E-state index in [4.69, 9.17) is 9.73 Å². The standard InChI is InChI=1S/C19H30N2O/c1-5-6-13-21-14-8-7-12-17(21)19(22-4)20-18-15(2)10-9-11-16(18)3/h9-11,17H,5-8,12-14H2,1-4H3/b20-19-. The van der Waals surface area contributed by atoms with Crippen molar-refractivity contribution < 1.29 is 4.74 Å². The first-order chi connectivity index (χ1) is 10.7. The van der Waals surface area contributed by atoms with E-state index in [0.717, 1.165) is 24.6 Å². The van der Waals surface area contributed by atoms with Crippen LogP contribution in [0.3, 0.4) is 0 Å². The van der Waals surface area contributed by atoms with E-state index in [0.29, 0.717) is 6.04 Å². The zero-order valence-electron chi connectivity index (χ0n) is 14.6. The number of ether oxygens (including phenoxy) is 1. The number of hydrogen-bond acceptors (Lipinski definition) is 3. The number of aliphatic imine (C=N–C) groups is 1. The van der Waals surface area contributed by atoms with Crippen molar-refractivity contribution in [1.82, 2.24) is 4.90 Å². The lowest BCUT2D eigenvalue weighted by Crippen LogP contribution is -2.45. The van der Waals surface area contributed by atoms with E-state index in [1.54, 1.807) is 7.11 Å². The van der Waals surface area contributed by atoms with Crippen molar-refractivity contribution in [3.8, 4) is 0 Å². The molecule has 1 saturated heterocycles. The Hall–Kier alpha value is -1.35. The minimum Gasteiger partial charge on any atom is -0.483 e. The Morgan fingerprint density at radius 2 is 2.00 bits per heavy atom. The summed E-state index contributed by atoms with van der Waals surface area (Å²) in [7, 11) is 1.76. The number of likely N-dealkylation sites (tertiary alicyclic amines) is 1. The van der Waals surface area contributed by atoms with Crippen molar-refractivity contribution in [2.45, 2.75) is 58.9 Å². The first kappa shape index (κ1) is 17.0. The van der Waals surface area contributed by atoms with Gasteiger partial charge in [0.1, 0.15) is 0 Å². The summed E-state index contributed by atoms with van der Waals surface area (Å²) in [5, 5.41) is 0. The Kier molecular flexibility index (Phi) is 6.44. The van der Waals surface area contributed by atoms with Crippen LogP contribution in [0.5, 0.6) is 0 Å². The van der Waals surface area contributed by atoms with Gasteiger partial charge in [-0.05, 0) is 57.3 Å². The van der Waals surface area contributed by atoms with E-state index in [-0.39, 0.29) is 0 Å². The molecule has 0 N–H and O–H groups in total. The lowest BCUT2D eigenvalue weighted by molar-refractivity contribution is 0.168. The third kappa shape index (κ3) is 4.10. The monoisotopic (exact) mass is 302 g/mol. The van der Waals surface area contributed by atoms with Crippen molar-refractivity contribution in [1.29, 1.82) is 0 Å². The molecule has 1 aromatic rings. The number of aryl methyl sites for hydroxylation is 2. The Balaban J connectivity index is 2.26. The van der Waals surface area contributed by atoms with Crippen molar-refractivity contribution in [2.75, 3.05) is 20.2 Å². The SMILES string of the molecule is CCCCN1CCCCC1/C(=N/c1c(C)cccc1C)OC. The van der Waals surface area contributed by atoms with Crippen LogP contribution < -0.4 is 0 Å². The molecule has 1 fully saturated rings. The van der Waals surface area contributed by atoms with E-state index in [2.05, 4.69) is 43.9 Å². The number of unbranched alkanes of at least 4 members (excludes halogenated alkanes) is 1. The van der Waals surface area contributed by atoms with Crippen molar-refractivity contribution in [3.05, 3.63) is 29.3 Å². The summed E-state index contributed by atoms with van der Waals surface area (Å²) in [6, 6.07) is 6.66. The van der Waals surface area contributed by atoms with Crippen LogP contribution in [0, 0.1) is 13.8 Å². The van der Waals surface area contributed by atoms with Crippen molar-refractivity contribution >= 4 is 11.6 Å². The number of rotatable bonds is 5. The van der Waals surface area contributed by atoms with Gasteiger partial charge in [-0.15, -0.1) is 0 Å². The molecule has 0 spiro atoms. The molecule has 0 aliphatic carbocycles. The van der Waals surface area contributed by atoms with Crippen molar-refractivity contribution in [3.63, 3.8) is 0 Å². The number of methoxy groups -OCH3 is 1. The normalized spacial score (nSPS) is 20.2. The maximum Gasteiger partial charge on any atom is 0.206 e. The molecule has 1 unspecified atom stereocenters. The summed E-state index contributed by atoms with van der Waals surface area (Å²) in [6.07, 6.45) is 6.20. The molecule has 122 valence electrons. The summed E-state index contributed by atoms with van der Waals surface area (Å²) in [5.41, 5.74) is 3.50. The topological polar surface area (TPSA) is 24.8 Å². The highest BCUT2D eigenvalue weighted by Crippen LogP contribution is 2.26. The molecule has 0 aromatic heterocycles. The lowest BCUT2D eigenvalue weighted by atomic mass is 10.0. The third-order valence-corrected chi connectivity index (χ3v) is 4.57. The van der Waals surface area contributed by atoms with Crippen LogP contribution in [-0.2, 0) is 4.74 Å². The number of benzene rings is 1. The Morgan fingerprint density at radius 1 is 1.27 bits per heavy atom. The van der Waals surface area contributed by atoms with Gasteiger partial charge < -0.3 is 4.74 Å². The van der Waals surface area contributed by atoms with E-state index in [1.807, 2.05) is 0 Å². The molecule has 0 bridgehead atoms. The largest absolute Gasteiger partial charge is 0.483 e. The highest BCUT2D eigenvalue weighted by Gasteiger charge is 2.27. The first-order valence-electron chi connectivity index (χ1n) is 8.60. The summed E-state index contributed by atoms with van der Waals surface area (Å²) in [4.78, 5) is 7.47. The van der Waals surface area contributed by atoms with Gasteiger partial charge in [0, 0.05) is 0 Å². The molecule has 3 heteroatoms. The second-order valence-corrected chi connectivity index (χ2v) is 6.30. The van der Waals surface area contributed by atoms with E-state index in [1.165, 1.54) is 43.4 Å². The molecule has 1 aliphatic rings. The van der Waals surface area contributed by atoms with Crippen LogP contribution in [0.4, 0.5) is 5.69 Å². The smallest absolute Gasteiger partial charge is 0.206 e. The first-order valence-corrected chi connectivity index (χ1v) is 8.60. The zero-order chi connectivity index (χ0) is 15.9. The highest BCUT2D eigenvalue weighted by molar-refractivity contribution is 5.85. The minimum absolute atomic E-state index is 0.337. The molecule has 1 heterocycles. The van der Waals surface area contributed by atoms with Gasteiger partial charge in [-0.2, -0.15) is 0 Å². The molecule has 0 saturated carbocycles. The van der Waals surface area contributed by atoms with Crippen LogP contribution >= 0.6 is 0 Å². The molecule has 1 aromatic carbocycles. The van der Waals surface area contributed by atoms with Crippen LogP contribution in [0.1, 0.15) is 50.2 Å². The quantitative estimate of drug-likeness (QED) is 0.585. The van der Waals surface area contributed by atoms with Crippen LogP contribution in [0.25, 0.3) is 0 Å². The molecule has 0 amide bonds. The number of piperidine rings is 1. The maximum atomic E-state index is 5.72. The van der Waals surface area contributed by atoms with E-state index < -0.39 is 0 Å². The molecule has 1 aliphatic heterocycles. The summed E-state index contributed by atoms with van der Waals surface area (Å²) < 4.78 is 5.72. The summed E-state index contributed by atoms with van der Waals surface area (Å²) >= 11 is 0. The maximum absolute atomic E-state index is 5.72. The molecule has 22 heavy (non-hydrogen) atoms. The van der Waals surface area contributed by atoms with E-state index >= 15 is 0 Å². The lowest BCUT2D eigenvalue weighted by Gasteiger charge is -2.35. The summed E-state index contributed by atoms with van der Waals surface area (Å²) in [6.45, 7) is 8.81. The molecule has 1 atom stereocenters. The van der Waals surface area contributed by atoms with Gasteiger partial charge in [0.05, 0.1) is 18.8 Å². The predicted molar refractivity (Wildman–Crippen MR) is 94.1 cm³/mol. The highest BCUT2D eigenvalue weighted by atomic mass is 16.5. The van der Waals surface area contributed by atoms with Crippen LogP contribution in [0.2, 0.25) is 0 Å². The Labute approximate surface area is 135 Å². The molecule has 3 nitrogen and oxygen atoms in total. The molecule has 2 rings (SSSR count). The minimum atomic E-state index is 0.337. The van der Waals surface area contributed by atoms with Crippen LogP contribution in [0.15, 0.2) is 23.2 Å². The van der Waals surface area contributed by atoms with Gasteiger partial charge in [0.2, 0.25) is 5.90 Å². The van der Waals surface area contributed by atoms with Gasteiger partial charge in [-0.3, -0.25) is 4.90 Å². The van der Waals surface area contributed by atoms with Gasteiger partial charge in [0.15, 0.2) is 0 Å². The number of para-hydroxylation sites is 1. The molecule has 0 radical (unpaired) electrons. The van der Waals surface area contributed by atoms with Gasteiger partial charge >= 0.3 is 0 Å². The second-order valence-electron chi connectivity index (χ2n) is 6.30. The van der Waals surface area contributed by atoms with Gasteiger partial charge in [0.25, 0.3) is 0 Å². The zero-order valence-corrected chi connectivity index (χ0v) is 14.6. The third-order valence-electron chi connectivity index (χ3n) is 4.57. The van der Waals surface area contributed by atoms with Crippen LogP contribution in [-0.4, -0.2) is 37.0 Å². The fourth-order valence-corrected chi connectivity index (χ4v) is 3.25. The molecular formula is C19H30N2O. The molecular weight excluding hydrogens is 272 g/mol. The fraction of sp³-hybridized carbons (Fsp3) is 0.632. The summed E-state index contributed by atoms with van der Waals surface area (Å²) in [5.74, 6) is 0.883. The second kappa shape index (κ2) is 8.33.